The maximum atomic E-state index is 5.98. The molecule has 0 unspecified atom stereocenters. The van der Waals surface area contributed by atoms with E-state index in [0.29, 0.717) is 0 Å². The zero-order chi connectivity index (χ0) is 13.3. The molecule has 1 nitrogen and oxygen atoms in total. The van der Waals surface area contributed by atoms with Gasteiger partial charge in [0.15, 0.2) is 0 Å². The third-order valence-corrected chi connectivity index (χ3v) is 6.14. The third kappa shape index (κ3) is 2.63. The molecule has 2 aliphatic rings. The van der Waals surface area contributed by atoms with E-state index >= 15 is 0 Å². The SMILES string of the molecule is Clc1ccc(C2=C(CBr)C3(CCCCC3)NS2)cc1. The molecule has 0 radical (unpaired) electrons. The average Bonchev–Trinajstić information content (AvgIpc) is 2.78. The Kier molecular flexibility index (Phi) is 4.28. The normalized spacial score (nSPS) is 22.2. The molecule has 1 aromatic rings. The summed E-state index contributed by atoms with van der Waals surface area (Å²) in [6, 6.07) is 8.19. The molecule has 4 heteroatoms. The summed E-state index contributed by atoms with van der Waals surface area (Å²) in [4.78, 5) is 1.38. The summed E-state index contributed by atoms with van der Waals surface area (Å²) in [6.07, 6.45) is 6.56. The molecule has 1 N–H and O–H groups in total. The van der Waals surface area contributed by atoms with E-state index in [2.05, 4.69) is 32.8 Å². The van der Waals surface area contributed by atoms with Crippen molar-refractivity contribution in [1.29, 1.82) is 0 Å². The molecule has 1 fully saturated rings. The van der Waals surface area contributed by atoms with Crippen LogP contribution in [0.1, 0.15) is 37.7 Å². The van der Waals surface area contributed by atoms with E-state index in [4.69, 9.17) is 11.6 Å². The molecular weight excluding hydrogens is 342 g/mol. The molecule has 19 heavy (non-hydrogen) atoms. The van der Waals surface area contributed by atoms with E-state index in [1.165, 1.54) is 48.1 Å². The highest BCUT2D eigenvalue weighted by molar-refractivity contribution is 9.09. The minimum atomic E-state index is 0.224. The highest BCUT2D eigenvalue weighted by Gasteiger charge is 2.41. The molecule has 1 spiro atoms. The molecule has 1 aromatic carbocycles. The quantitative estimate of drug-likeness (QED) is 0.561. The van der Waals surface area contributed by atoms with Crippen molar-refractivity contribution in [2.24, 2.45) is 0 Å². The van der Waals surface area contributed by atoms with Crippen LogP contribution >= 0.6 is 39.5 Å². The number of hydrogen-bond acceptors (Lipinski definition) is 2. The van der Waals surface area contributed by atoms with E-state index in [1.54, 1.807) is 11.9 Å². The van der Waals surface area contributed by atoms with Gasteiger partial charge in [0.2, 0.25) is 0 Å². The van der Waals surface area contributed by atoms with Gasteiger partial charge in [-0.2, -0.15) is 0 Å². The fraction of sp³-hybridized carbons (Fsp3) is 0.467. The van der Waals surface area contributed by atoms with Gasteiger partial charge in [0.05, 0.1) is 5.54 Å². The van der Waals surface area contributed by atoms with E-state index in [-0.39, 0.29) is 5.54 Å². The van der Waals surface area contributed by atoms with Gasteiger partial charge in [-0.3, -0.25) is 0 Å². The first-order chi connectivity index (χ1) is 9.25. The lowest BCUT2D eigenvalue weighted by Crippen LogP contribution is -2.42. The topological polar surface area (TPSA) is 12.0 Å². The number of rotatable bonds is 2. The Bertz CT molecular complexity index is 491. The second-order valence-electron chi connectivity index (χ2n) is 5.30. The van der Waals surface area contributed by atoms with Crippen LogP contribution in [0.3, 0.4) is 0 Å². The molecule has 1 saturated carbocycles. The van der Waals surface area contributed by atoms with Crippen molar-refractivity contribution in [2.45, 2.75) is 37.6 Å². The summed E-state index contributed by atoms with van der Waals surface area (Å²) in [5, 5.41) is 1.75. The van der Waals surface area contributed by atoms with Gasteiger partial charge >= 0.3 is 0 Å². The highest BCUT2D eigenvalue weighted by atomic mass is 79.9. The Morgan fingerprint density at radius 2 is 1.84 bits per heavy atom. The van der Waals surface area contributed by atoms with Crippen LogP contribution in [0.15, 0.2) is 29.8 Å². The maximum Gasteiger partial charge on any atom is 0.0517 e. The van der Waals surface area contributed by atoms with Crippen molar-refractivity contribution in [1.82, 2.24) is 4.72 Å². The molecule has 0 amide bonds. The van der Waals surface area contributed by atoms with Crippen LogP contribution in [0, 0.1) is 0 Å². The van der Waals surface area contributed by atoms with Crippen molar-refractivity contribution in [3.05, 3.63) is 40.4 Å². The zero-order valence-corrected chi connectivity index (χ0v) is 13.9. The number of hydrogen-bond donors (Lipinski definition) is 1. The van der Waals surface area contributed by atoms with E-state index in [0.717, 1.165) is 10.4 Å². The molecule has 1 aliphatic carbocycles. The molecule has 0 bridgehead atoms. The van der Waals surface area contributed by atoms with Gasteiger partial charge in [0.25, 0.3) is 0 Å². The van der Waals surface area contributed by atoms with Gasteiger partial charge in [-0.25, -0.2) is 4.72 Å². The minimum Gasteiger partial charge on any atom is -0.250 e. The monoisotopic (exact) mass is 357 g/mol. The largest absolute Gasteiger partial charge is 0.250 e. The fourth-order valence-corrected chi connectivity index (χ4v) is 5.47. The molecule has 1 heterocycles. The summed E-state index contributed by atoms with van der Waals surface area (Å²) in [6.45, 7) is 0. The van der Waals surface area contributed by atoms with Crippen LogP contribution in [0.4, 0.5) is 0 Å². The van der Waals surface area contributed by atoms with Gasteiger partial charge < -0.3 is 0 Å². The number of alkyl halides is 1. The summed E-state index contributed by atoms with van der Waals surface area (Å²) < 4.78 is 3.72. The maximum absolute atomic E-state index is 5.98. The van der Waals surface area contributed by atoms with Crippen LogP contribution < -0.4 is 4.72 Å². The fourth-order valence-electron chi connectivity index (χ4n) is 3.07. The van der Waals surface area contributed by atoms with Crippen molar-refractivity contribution in [2.75, 3.05) is 5.33 Å². The number of benzene rings is 1. The van der Waals surface area contributed by atoms with Crippen molar-refractivity contribution in [3.8, 4) is 0 Å². The van der Waals surface area contributed by atoms with Crippen molar-refractivity contribution in [3.63, 3.8) is 0 Å². The predicted molar refractivity (Wildman–Crippen MR) is 88.7 cm³/mol. The first-order valence-corrected chi connectivity index (χ1v) is 9.06. The lowest BCUT2D eigenvalue weighted by atomic mass is 9.77. The molecule has 0 aromatic heterocycles. The molecule has 3 rings (SSSR count). The first-order valence-electron chi connectivity index (χ1n) is 6.75. The highest BCUT2D eigenvalue weighted by Crippen LogP contribution is 2.48. The van der Waals surface area contributed by atoms with Crippen LogP contribution in [-0.4, -0.2) is 10.9 Å². The lowest BCUT2D eigenvalue weighted by molar-refractivity contribution is 0.328. The summed E-state index contributed by atoms with van der Waals surface area (Å²) in [5.74, 6) is 0. The Morgan fingerprint density at radius 3 is 2.47 bits per heavy atom. The Morgan fingerprint density at radius 1 is 1.16 bits per heavy atom. The van der Waals surface area contributed by atoms with Crippen LogP contribution in [0.2, 0.25) is 5.02 Å². The first kappa shape index (κ1) is 14.0. The second kappa shape index (κ2) is 5.80. The molecular formula is C15H17BrClNS. The minimum absolute atomic E-state index is 0.224. The Balaban J connectivity index is 1.99. The summed E-state index contributed by atoms with van der Waals surface area (Å²) in [5.41, 5.74) is 3.03. The predicted octanol–water partition coefficient (Wildman–Crippen LogP) is 5.40. The standard InChI is InChI=1S/C15H17BrClNS/c16-10-13-14(11-4-6-12(17)7-5-11)19-18-15(13)8-2-1-3-9-15/h4-7,18H,1-3,8-10H2. The smallest absolute Gasteiger partial charge is 0.0517 e. The van der Waals surface area contributed by atoms with Gasteiger partial charge in [-0.15, -0.1) is 0 Å². The zero-order valence-electron chi connectivity index (χ0n) is 10.7. The van der Waals surface area contributed by atoms with Gasteiger partial charge in [-0.1, -0.05) is 58.9 Å². The summed E-state index contributed by atoms with van der Waals surface area (Å²) in [7, 11) is 0. The number of halogens is 2. The van der Waals surface area contributed by atoms with E-state index in [1.807, 2.05) is 12.1 Å². The molecule has 0 saturated heterocycles. The Labute approximate surface area is 132 Å². The van der Waals surface area contributed by atoms with Crippen molar-refractivity contribution >= 4 is 44.4 Å². The van der Waals surface area contributed by atoms with E-state index < -0.39 is 0 Å². The summed E-state index contributed by atoms with van der Waals surface area (Å²) >= 11 is 11.5. The van der Waals surface area contributed by atoms with Crippen LogP contribution in [0.25, 0.3) is 4.91 Å². The second-order valence-corrected chi connectivity index (χ2v) is 7.11. The van der Waals surface area contributed by atoms with Gasteiger partial charge in [0, 0.05) is 15.3 Å². The third-order valence-electron chi connectivity index (χ3n) is 4.15. The van der Waals surface area contributed by atoms with Gasteiger partial charge in [-0.05, 0) is 48.1 Å². The molecule has 0 atom stereocenters. The Hall–Kier alpha value is 0.0400. The van der Waals surface area contributed by atoms with Crippen LogP contribution in [0.5, 0.6) is 0 Å². The average molecular weight is 359 g/mol. The van der Waals surface area contributed by atoms with Gasteiger partial charge in [0.1, 0.15) is 0 Å². The van der Waals surface area contributed by atoms with E-state index in [9.17, 15) is 0 Å². The number of nitrogens with one attached hydrogen (secondary N) is 1. The lowest BCUT2D eigenvalue weighted by Gasteiger charge is -2.35. The molecule has 1 aliphatic heterocycles. The molecule has 102 valence electrons. The van der Waals surface area contributed by atoms with Crippen LogP contribution in [-0.2, 0) is 0 Å². The van der Waals surface area contributed by atoms with Crippen molar-refractivity contribution < 1.29 is 0 Å².